The Bertz CT molecular complexity index is 1290. The first kappa shape index (κ1) is 24.5. The SMILES string of the molecule is C=CCOC(=O)C1=C(C)Nc2nnnn2C1c1cc(Br)c(OCc2ccccc2C)c(OCC)c1. The standard InChI is InChI=1S/C25H26BrN5O4/c1-5-11-34-24(32)21-16(4)27-25-28-29-30-31(25)22(21)18-12-19(26)23(20(13-18)33-6-2)35-14-17-10-8-7-9-15(17)3/h5,7-10,12-13,22H,1,6,11,14H2,2-4H3,(H,27,28,30). The summed E-state index contributed by atoms with van der Waals surface area (Å²) in [6.45, 7) is 10.2. The molecule has 0 saturated carbocycles. The fourth-order valence-corrected chi connectivity index (χ4v) is 4.44. The van der Waals surface area contributed by atoms with Crippen LogP contribution in [0.4, 0.5) is 5.95 Å². The molecule has 1 aliphatic rings. The van der Waals surface area contributed by atoms with Crippen molar-refractivity contribution in [3.8, 4) is 11.5 Å². The predicted octanol–water partition coefficient (Wildman–Crippen LogP) is 4.74. The molecule has 2 heterocycles. The molecule has 1 aromatic heterocycles. The molecule has 0 saturated heterocycles. The van der Waals surface area contributed by atoms with Gasteiger partial charge in [-0.2, -0.15) is 4.68 Å². The molecule has 0 spiro atoms. The van der Waals surface area contributed by atoms with Crippen molar-refractivity contribution in [3.05, 3.63) is 81.5 Å². The fourth-order valence-electron chi connectivity index (χ4n) is 3.87. The van der Waals surface area contributed by atoms with Crippen molar-refractivity contribution >= 4 is 27.8 Å². The predicted molar refractivity (Wildman–Crippen MR) is 134 cm³/mol. The van der Waals surface area contributed by atoms with Crippen LogP contribution in [0.1, 0.15) is 36.6 Å². The molecule has 0 fully saturated rings. The highest BCUT2D eigenvalue weighted by Crippen LogP contribution is 2.43. The molecule has 0 radical (unpaired) electrons. The van der Waals surface area contributed by atoms with Crippen LogP contribution < -0.4 is 14.8 Å². The molecule has 10 heteroatoms. The third-order valence-corrected chi connectivity index (χ3v) is 6.14. The number of hydrogen-bond acceptors (Lipinski definition) is 8. The van der Waals surface area contributed by atoms with Crippen LogP contribution in [0.15, 0.2) is 64.8 Å². The van der Waals surface area contributed by atoms with Gasteiger partial charge in [-0.3, -0.25) is 0 Å². The number of esters is 1. The van der Waals surface area contributed by atoms with Gasteiger partial charge in [0.25, 0.3) is 0 Å². The number of halogens is 1. The van der Waals surface area contributed by atoms with E-state index in [-0.39, 0.29) is 6.61 Å². The number of benzene rings is 2. The van der Waals surface area contributed by atoms with Crippen molar-refractivity contribution < 1.29 is 19.0 Å². The number of aromatic nitrogens is 4. The topological polar surface area (TPSA) is 100 Å². The molecule has 9 nitrogen and oxygen atoms in total. The summed E-state index contributed by atoms with van der Waals surface area (Å²) in [7, 11) is 0. The van der Waals surface area contributed by atoms with Gasteiger partial charge < -0.3 is 19.5 Å². The van der Waals surface area contributed by atoms with Crippen molar-refractivity contribution in [3.63, 3.8) is 0 Å². The van der Waals surface area contributed by atoms with E-state index in [9.17, 15) is 4.79 Å². The van der Waals surface area contributed by atoms with Crippen molar-refractivity contribution in [2.45, 2.75) is 33.4 Å². The molecular formula is C25H26BrN5O4. The van der Waals surface area contributed by atoms with Gasteiger partial charge in [-0.25, -0.2) is 4.79 Å². The van der Waals surface area contributed by atoms with Gasteiger partial charge in [-0.05, 0) is 76.0 Å². The first-order valence-corrected chi connectivity index (χ1v) is 11.9. The molecule has 1 atom stereocenters. The van der Waals surface area contributed by atoms with E-state index in [0.717, 1.165) is 16.7 Å². The van der Waals surface area contributed by atoms with Crippen LogP contribution in [0.25, 0.3) is 0 Å². The van der Waals surface area contributed by atoms with Crippen molar-refractivity contribution in [1.82, 2.24) is 20.2 Å². The summed E-state index contributed by atoms with van der Waals surface area (Å²) in [5.74, 6) is 1.04. The summed E-state index contributed by atoms with van der Waals surface area (Å²) < 4.78 is 19.7. The van der Waals surface area contributed by atoms with E-state index >= 15 is 0 Å². The van der Waals surface area contributed by atoms with Crippen LogP contribution in [0.5, 0.6) is 11.5 Å². The molecule has 1 N–H and O–H groups in total. The number of anilines is 1. The van der Waals surface area contributed by atoms with Crippen LogP contribution in [0, 0.1) is 6.92 Å². The molecule has 4 rings (SSSR count). The van der Waals surface area contributed by atoms with Gasteiger partial charge >= 0.3 is 5.97 Å². The van der Waals surface area contributed by atoms with Gasteiger partial charge in [-0.1, -0.05) is 42.0 Å². The molecule has 2 aromatic carbocycles. The lowest BCUT2D eigenvalue weighted by Gasteiger charge is -2.28. The zero-order valence-corrected chi connectivity index (χ0v) is 21.3. The Morgan fingerprint density at radius 2 is 2.06 bits per heavy atom. The minimum Gasteiger partial charge on any atom is -0.490 e. The average molecular weight is 540 g/mol. The first-order chi connectivity index (χ1) is 16.9. The second-order valence-corrected chi connectivity index (χ2v) is 8.73. The highest BCUT2D eigenvalue weighted by molar-refractivity contribution is 9.10. The lowest BCUT2D eigenvalue weighted by Crippen LogP contribution is -2.29. The quantitative estimate of drug-likeness (QED) is 0.307. The summed E-state index contributed by atoms with van der Waals surface area (Å²) in [6, 6.07) is 11.1. The number of carbonyl (C=O) groups is 1. The summed E-state index contributed by atoms with van der Waals surface area (Å²) in [6.07, 6.45) is 1.52. The average Bonchev–Trinajstić information content (AvgIpc) is 3.30. The lowest BCUT2D eigenvalue weighted by atomic mass is 9.95. The van der Waals surface area contributed by atoms with Gasteiger partial charge in [-0.15, -0.1) is 0 Å². The van der Waals surface area contributed by atoms with E-state index in [0.29, 0.717) is 46.4 Å². The van der Waals surface area contributed by atoms with Gasteiger partial charge in [0.15, 0.2) is 11.5 Å². The van der Waals surface area contributed by atoms with Gasteiger partial charge in [0.05, 0.1) is 16.7 Å². The maximum atomic E-state index is 13.0. The summed E-state index contributed by atoms with van der Waals surface area (Å²) in [5, 5.41) is 15.0. The molecule has 0 bridgehead atoms. The maximum absolute atomic E-state index is 13.0. The Labute approximate surface area is 211 Å². The third-order valence-electron chi connectivity index (χ3n) is 5.55. The Kier molecular flexibility index (Phi) is 7.50. The number of nitrogens with one attached hydrogen (secondary N) is 1. The Hall–Kier alpha value is -3.66. The van der Waals surface area contributed by atoms with Gasteiger partial charge in [0, 0.05) is 5.70 Å². The van der Waals surface area contributed by atoms with E-state index < -0.39 is 12.0 Å². The lowest BCUT2D eigenvalue weighted by molar-refractivity contribution is -0.138. The normalized spacial score (nSPS) is 14.7. The molecule has 0 aliphatic carbocycles. The van der Waals surface area contributed by atoms with Gasteiger partial charge in [0.2, 0.25) is 5.95 Å². The summed E-state index contributed by atoms with van der Waals surface area (Å²) in [4.78, 5) is 13.0. The molecule has 0 amide bonds. The minimum atomic E-state index is -0.639. The molecule has 1 unspecified atom stereocenters. The first-order valence-electron chi connectivity index (χ1n) is 11.1. The number of allylic oxidation sites excluding steroid dienone is 1. The van der Waals surface area contributed by atoms with Crippen molar-refractivity contribution in [1.29, 1.82) is 0 Å². The van der Waals surface area contributed by atoms with Crippen LogP contribution in [0.3, 0.4) is 0 Å². The minimum absolute atomic E-state index is 0.0877. The molecule has 182 valence electrons. The molecular weight excluding hydrogens is 514 g/mol. The molecule has 3 aromatic rings. The summed E-state index contributed by atoms with van der Waals surface area (Å²) >= 11 is 3.64. The number of fused-ring (bicyclic) bond motifs is 1. The highest BCUT2D eigenvalue weighted by Gasteiger charge is 2.36. The van der Waals surface area contributed by atoms with Crippen LogP contribution in [-0.4, -0.2) is 39.4 Å². The Morgan fingerprint density at radius 3 is 2.80 bits per heavy atom. The van der Waals surface area contributed by atoms with Crippen LogP contribution in [-0.2, 0) is 16.1 Å². The number of tetrazole rings is 1. The largest absolute Gasteiger partial charge is 0.490 e. The molecule has 1 aliphatic heterocycles. The van der Waals surface area contributed by atoms with E-state index in [4.69, 9.17) is 14.2 Å². The maximum Gasteiger partial charge on any atom is 0.338 e. The van der Waals surface area contributed by atoms with Crippen LogP contribution in [0.2, 0.25) is 0 Å². The smallest absolute Gasteiger partial charge is 0.338 e. The third kappa shape index (κ3) is 5.07. The number of ether oxygens (including phenoxy) is 3. The number of aryl methyl sites for hydroxylation is 1. The van der Waals surface area contributed by atoms with Gasteiger partial charge in [0.1, 0.15) is 19.3 Å². The molecule has 35 heavy (non-hydrogen) atoms. The van der Waals surface area contributed by atoms with E-state index in [1.807, 2.05) is 50.2 Å². The van der Waals surface area contributed by atoms with Crippen molar-refractivity contribution in [2.75, 3.05) is 18.5 Å². The summed E-state index contributed by atoms with van der Waals surface area (Å²) in [5.41, 5.74) is 3.93. The second kappa shape index (κ2) is 10.7. The monoisotopic (exact) mass is 539 g/mol. The highest BCUT2D eigenvalue weighted by atomic mass is 79.9. The number of rotatable bonds is 9. The van der Waals surface area contributed by atoms with Crippen molar-refractivity contribution in [2.24, 2.45) is 0 Å². The number of carbonyl (C=O) groups excluding carboxylic acids is 1. The Morgan fingerprint density at radius 1 is 1.26 bits per heavy atom. The van der Waals surface area contributed by atoms with Crippen LogP contribution >= 0.6 is 15.9 Å². The Balaban J connectivity index is 1.75. The number of hydrogen-bond donors (Lipinski definition) is 1. The van der Waals surface area contributed by atoms with E-state index in [1.165, 1.54) is 6.08 Å². The van der Waals surface area contributed by atoms with E-state index in [1.54, 1.807) is 11.6 Å². The fraction of sp³-hybridized carbons (Fsp3) is 0.280. The zero-order chi connectivity index (χ0) is 24.9. The zero-order valence-electron chi connectivity index (χ0n) is 19.7. The second-order valence-electron chi connectivity index (χ2n) is 7.88. The van der Waals surface area contributed by atoms with E-state index in [2.05, 4.69) is 43.4 Å². The number of nitrogens with zero attached hydrogens (tertiary/aromatic N) is 4.